The van der Waals surface area contributed by atoms with Crippen molar-refractivity contribution >= 4 is 28.9 Å². The third-order valence-corrected chi connectivity index (χ3v) is 3.13. The summed E-state index contributed by atoms with van der Waals surface area (Å²) in [6.45, 7) is 1.76. The van der Waals surface area contributed by atoms with E-state index in [1.165, 1.54) is 30.3 Å². The zero-order valence-electron chi connectivity index (χ0n) is 11.2. The van der Waals surface area contributed by atoms with Crippen molar-refractivity contribution in [2.45, 2.75) is 6.92 Å². The molecule has 0 heterocycles. The van der Waals surface area contributed by atoms with Crippen LogP contribution in [0.3, 0.4) is 0 Å². The van der Waals surface area contributed by atoms with Crippen molar-refractivity contribution in [2.24, 2.45) is 0 Å². The molecular formula is C15H13ClF2N2O. The van der Waals surface area contributed by atoms with E-state index in [1.54, 1.807) is 13.0 Å². The molecule has 0 atom stereocenters. The molecule has 0 bridgehead atoms. The van der Waals surface area contributed by atoms with E-state index >= 15 is 0 Å². The molecule has 0 spiro atoms. The lowest BCUT2D eigenvalue weighted by atomic mass is 10.2. The van der Waals surface area contributed by atoms with Crippen LogP contribution in [0.2, 0.25) is 5.02 Å². The predicted octanol–water partition coefficient (Wildman–Crippen LogP) is 3.98. The number of halogens is 3. The standard InChI is InChI=1S/C15H13ClF2N2O/c1-9-2-3-10(17)6-14(9)19-8-15(21)20-11-4-5-13(18)12(16)7-11/h2-7,19H,8H2,1H3,(H,20,21). The van der Waals surface area contributed by atoms with Gasteiger partial charge in [0.2, 0.25) is 5.91 Å². The van der Waals surface area contributed by atoms with E-state index in [9.17, 15) is 13.6 Å². The van der Waals surface area contributed by atoms with Gasteiger partial charge >= 0.3 is 0 Å². The second-order valence-electron chi connectivity index (χ2n) is 4.49. The minimum atomic E-state index is -0.553. The molecule has 0 unspecified atom stereocenters. The molecule has 3 nitrogen and oxygen atoms in total. The van der Waals surface area contributed by atoms with Crippen molar-refractivity contribution < 1.29 is 13.6 Å². The number of carbonyl (C=O) groups excluding carboxylic acids is 1. The SMILES string of the molecule is Cc1ccc(F)cc1NCC(=O)Nc1ccc(F)c(Cl)c1. The summed E-state index contributed by atoms with van der Waals surface area (Å²) in [6, 6.07) is 8.19. The average molecular weight is 311 g/mol. The fourth-order valence-corrected chi connectivity index (χ4v) is 1.92. The number of hydrogen-bond acceptors (Lipinski definition) is 2. The average Bonchev–Trinajstić information content (AvgIpc) is 2.44. The summed E-state index contributed by atoms with van der Waals surface area (Å²) in [4.78, 5) is 11.8. The van der Waals surface area contributed by atoms with Gasteiger partial charge in [0.05, 0.1) is 11.6 Å². The highest BCUT2D eigenvalue weighted by Gasteiger charge is 2.06. The number of hydrogen-bond donors (Lipinski definition) is 2. The van der Waals surface area contributed by atoms with Crippen LogP contribution in [0.15, 0.2) is 36.4 Å². The number of aryl methyl sites for hydroxylation is 1. The quantitative estimate of drug-likeness (QED) is 0.897. The van der Waals surface area contributed by atoms with E-state index in [-0.39, 0.29) is 23.3 Å². The Morgan fingerprint density at radius 1 is 1.19 bits per heavy atom. The van der Waals surface area contributed by atoms with E-state index in [4.69, 9.17) is 11.6 Å². The first-order valence-corrected chi connectivity index (χ1v) is 6.58. The van der Waals surface area contributed by atoms with Gasteiger partial charge in [-0.15, -0.1) is 0 Å². The lowest BCUT2D eigenvalue weighted by molar-refractivity contribution is -0.114. The summed E-state index contributed by atoms with van der Waals surface area (Å²) < 4.78 is 26.1. The smallest absolute Gasteiger partial charge is 0.243 e. The number of carbonyl (C=O) groups is 1. The minimum absolute atomic E-state index is 0.0424. The van der Waals surface area contributed by atoms with Crippen LogP contribution in [0.4, 0.5) is 20.2 Å². The van der Waals surface area contributed by atoms with Gasteiger partial charge in [-0.1, -0.05) is 17.7 Å². The molecular weight excluding hydrogens is 298 g/mol. The van der Waals surface area contributed by atoms with Crippen molar-refractivity contribution in [3.8, 4) is 0 Å². The normalized spacial score (nSPS) is 10.3. The third kappa shape index (κ3) is 4.16. The Morgan fingerprint density at radius 3 is 2.67 bits per heavy atom. The Morgan fingerprint density at radius 2 is 1.95 bits per heavy atom. The molecule has 6 heteroatoms. The molecule has 2 rings (SSSR count). The molecule has 21 heavy (non-hydrogen) atoms. The molecule has 1 amide bonds. The fourth-order valence-electron chi connectivity index (χ4n) is 1.74. The van der Waals surface area contributed by atoms with E-state index in [0.29, 0.717) is 11.4 Å². The Balaban J connectivity index is 1.95. The lowest BCUT2D eigenvalue weighted by Crippen LogP contribution is -2.22. The van der Waals surface area contributed by atoms with Crippen molar-refractivity contribution in [1.82, 2.24) is 0 Å². The first kappa shape index (κ1) is 15.3. The third-order valence-electron chi connectivity index (χ3n) is 2.84. The maximum atomic E-state index is 13.1. The van der Waals surface area contributed by atoms with Crippen LogP contribution in [-0.2, 0) is 4.79 Å². The number of anilines is 2. The topological polar surface area (TPSA) is 41.1 Å². The molecule has 0 aromatic heterocycles. The Labute approximate surface area is 125 Å². The van der Waals surface area contributed by atoms with Crippen molar-refractivity contribution in [3.63, 3.8) is 0 Å². The zero-order valence-corrected chi connectivity index (χ0v) is 12.0. The molecule has 2 aromatic carbocycles. The van der Waals surface area contributed by atoms with Gasteiger partial charge in [-0.25, -0.2) is 8.78 Å². The molecule has 0 radical (unpaired) electrons. The van der Waals surface area contributed by atoms with Crippen molar-refractivity contribution in [1.29, 1.82) is 0 Å². The Bertz CT molecular complexity index is 677. The predicted molar refractivity (Wildman–Crippen MR) is 79.7 cm³/mol. The molecule has 2 aromatic rings. The van der Waals surface area contributed by atoms with Crippen LogP contribution in [0.1, 0.15) is 5.56 Å². The van der Waals surface area contributed by atoms with Gasteiger partial charge in [0, 0.05) is 11.4 Å². The number of amides is 1. The van der Waals surface area contributed by atoms with Gasteiger partial charge in [0.25, 0.3) is 0 Å². The van der Waals surface area contributed by atoms with Gasteiger partial charge in [-0.3, -0.25) is 4.79 Å². The molecule has 0 saturated carbocycles. The van der Waals surface area contributed by atoms with Crippen molar-refractivity contribution in [3.05, 3.63) is 58.6 Å². The zero-order chi connectivity index (χ0) is 15.4. The van der Waals surface area contributed by atoms with Gasteiger partial charge in [0.15, 0.2) is 0 Å². The van der Waals surface area contributed by atoms with Crippen LogP contribution < -0.4 is 10.6 Å². The Kier molecular flexibility index (Phi) is 4.75. The summed E-state index contributed by atoms with van der Waals surface area (Å²) >= 11 is 5.62. The number of rotatable bonds is 4. The molecule has 2 N–H and O–H groups in total. The van der Waals surface area contributed by atoms with Crippen LogP contribution in [0.5, 0.6) is 0 Å². The number of nitrogens with one attached hydrogen (secondary N) is 2. The Hall–Kier alpha value is -2.14. The summed E-state index contributed by atoms with van der Waals surface area (Å²) in [6.07, 6.45) is 0. The van der Waals surface area contributed by atoms with E-state index in [2.05, 4.69) is 10.6 Å². The first-order chi connectivity index (χ1) is 9.95. The summed E-state index contributed by atoms with van der Waals surface area (Å²) in [5.41, 5.74) is 1.76. The summed E-state index contributed by atoms with van der Waals surface area (Å²) in [7, 11) is 0. The molecule has 0 fully saturated rings. The lowest BCUT2D eigenvalue weighted by Gasteiger charge is -2.10. The highest BCUT2D eigenvalue weighted by Crippen LogP contribution is 2.19. The van der Waals surface area contributed by atoms with Gasteiger partial charge in [0.1, 0.15) is 11.6 Å². The van der Waals surface area contributed by atoms with E-state index in [0.717, 1.165) is 5.56 Å². The van der Waals surface area contributed by atoms with Crippen LogP contribution >= 0.6 is 11.6 Å². The van der Waals surface area contributed by atoms with E-state index < -0.39 is 5.82 Å². The fraction of sp³-hybridized carbons (Fsp3) is 0.133. The largest absolute Gasteiger partial charge is 0.376 e. The van der Waals surface area contributed by atoms with Crippen LogP contribution in [0.25, 0.3) is 0 Å². The molecule has 0 aliphatic rings. The van der Waals surface area contributed by atoms with Gasteiger partial charge < -0.3 is 10.6 Å². The summed E-state index contributed by atoms with van der Waals surface area (Å²) in [5.74, 6) is -1.28. The monoisotopic (exact) mass is 310 g/mol. The molecule has 110 valence electrons. The van der Waals surface area contributed by atoms with Gasteiger partial charge in [-0.2, -0.15) is 0 Å². The highest BCUT2D eigenvalue weighted by atomic mass is 35.5. The summed E-state index contributed by atoms with van der Waals surface area (Å²) in [5, 5.41) is 5.34. The molecule has 0 saturated heterocycles. The van der Waals surface area contributed by atoms with Crippen LogP contribution in [0, 0.1) is 18.6 Å². The van der Waals surface area contributed by atoms with Gasteiger partial charge in [-0.05, 0) is 42.8 Å². The second-order valence-corrected chi connectivity index (χ2v) is 4.90. The van der Waals surface area contributed by atoms with Crippen LogP contribution in [-0.4, -0.2) is 12.5 Å². The maximum absolute atomic E-state index is 13.1. The molecule has 0 aliphatic heterocycles. The highest BCUT2D eigenvalue weighted by molar-refractivity contribution is 6.31. The maximum Gasteiger partial charge on any atom is 0.243 e. The minimum Gasteiger partial charge on any atom is -0.376 e. The second kappa shape index (κ2) is 6.54. The molecule has 0 aliphatic carbocycles. The van der Waals surface area contributed by atoms with E-state index in [1.807, 2.05) is 0 Å². The van der Waals surface area contributed by atoms with Crippen molar-refractivity contribution in [2.75, 3.05) is 17.2 Å². The first-order valence-electron chi connectivity index (χ1n) is 6.20. The number of benzene rings is 2.